The number of nitrogens with one attached hydrogen (secondary N) is 1. The van der Waals surface area contributed by atoms with E-state index in [2.05, 4.69) is 15.3 Å². The SMILES string of the molecule is CCOC(=O)c1c(C)oc2ncnc(NCC(C)O)c12. The summed E-state index contributed by atoms with van der Waals surface area (Å²) in [6.45, 7) is 5.64. The highest BCUT2D eigenvalue weighted by molar-refractivity contribution is 6.07. The van der Waals surface area contributed by atoms with Crippen molar-refractivity contribution in [1.82, 2.24) is 9.97 Å². The fourth-order valence-corrected chi connectivity index (χ4v) is 1.87. The summed E-state index contributed by atoms with van der Waals surface area (Å²) in [6, 6.07) is 0. The number of hydrogen-bond donors (Lipinski definition) is 2. The smallest absolute Gasteiger partial charge is 0.342 e. The van der Waals surface area contributed by atoms with Gasteiger partial charge in [0.25, 0.3) is 0 Å². The molecule has 7 nitrogen and oxygen atoms in total. The van der Waals surface area contributed by atoms with E-state index in [1.54, 1.807) is 20.8 Å². The lowest BCUT2D eigenvalue weighted by Gasteiger charge is -2.08. The molecule has 108 valence electrons. The van der Waals surface area contributed by atoms with Crippen molar-refractivity contribution >= 4 is 22.9 Å². The molecule has 0 aromatic carbocycles. The molecule has 0 saturated heterocycles. The minimum absolute atomic E-state index is 0.273. The Morgan fingerprint density at radius 1 is 1.55 bits per heavy atom. The highest BCUT2D eigenvalue weighted by atomic mass is 16.5. The van der Waals surface area contributed by atoms with E-state index in [-0.39, 0.29) is 6.61 Å². The summed E-state index contributed by atoms with van der Waals surface area (Å²) in [5.74, 6) is 0.397. The van der Waals surface area contributed by atoms with Crippen LogP contribution in [0.3, 0.4) is 0 Å². The van der Waals surface area contributed by atoms with Crippen molar-refractivity contribution in [2.24, 2.45) is 0 Å². The number of carbonyl (C=O) groups is 1. The molecule has 2 aromatic heterocycles. The first-order chi connectivity index (χ1) is 9.54. The number of esters is 1. The van der Waals surface area contributed by atoms with Crippen molar-refractivity contribution < 1.29 is 19.1 Å². The first kappa shape index (κ1) is 14.3. The number of hydrogen-bond acceptors (Lipinski definition) is 7. The average molecular weight is 279 g/mol. The quantitative estimate of drug-likeness (QED) is 0.800. The maximum Gasteiger partial charge on any atom is 0.342 e. The third-order valence-electron chi connectivity index (χ3n) is 2.71. The van der Waals surface area contributed by atoms with Gasteiger partial charge in [0.1, 0.15) is 23.5 Å². The van der Waals surface area contributed by atoms with Crippen LogP contribution >= 0.6 is 0 Å². The van der Waals surface area contributed by atoms with Gasteiger partial charge in [-0.05, 0) is 20.8 Å². The Hall–Kier alpha value is -2.15. The Balaban J connectivity index is 2.50. The Morgan fingerprint density at radius 3 is 2.95 bits per heavy atom. The molecule has 0 saturated carbocycles. The molecule has 0 spiro atoms. The molecule has 0 aliphatic carbocycles. The van der Waals surface area contributed by atoms with Gasteiger partial charge in [-0.15, -0.1) is 0 Å². The molecule has 0 radical (unpaired) electrons. The van der Waals surface area contributed by atoms with Crippen molar-refractivity contribution in [3.63, 3.8) is 0 Å². The number of carbonyl (C=O) groups excluding carboxylic acids is 1. The Kier molecular flexibility index (Phi) is 4.19. The lowest BCUT2D eigenvalue weighted by Crippen LogP contribution is -2.16. The summed E-state index contributed by atoms with van der Waals surface area (Å²) in [7, 11) is 0. The van der Waals surface area contributed by atoms with Crippen LogP contribution in [-0.4, -0.2) is 40.3 Å². The summed E-state index contributed by atoms with van der Waals surface area (Å²) in [4.78, 5) is 20.1. The number of rotatable bonds is 5. The largest absolute Gasteiger partial charge is 0.462 e. The van der Waals surface area contributed by atoms with E-state index in [0.29, 0.717) is 34.8 Å². The van der Waals surface area contributed by atoms with Gasteiger partial charge in [-0.1, -0.05) is 0 Å². The molecule has 1 unspecified atom stereocenters. The molecule has 0 aliphatic heterocycles. The number of fused-ring (bicyclic) bond motifs is 1. The standard InChI is InChI=1S/C13H17N3O4/c1-4-19-13(18)9-8(3)20-12-10(9)11(15-6-16-12)14-5-7(2)17/h6-7,17H,4-5H2,1-3H3,(H,14,15,16). The predicted octanol–water partition coefficient (Wildman–Crippen LogP) is 1.50. The molecule has 2 N–H and O–H groups in total. The molecule has 2 aromatic rings. The second-order valence-corrected chi connectivity index (χ2v) is 4.39. The van der Waals surface area contributed by atoms with Crippen LogP contribution in [0.25, 0.3) is 11.1 Å². The van der Waals surface area contributed by atoms with E-state index >= 15 is 0 Å². The number of nitrogens with zero attached hydrogens (tertiary/aromatic N) is 2. The number of aromatic nitrogens is 2. The van der Waals surface area contributed by atoms with Gasteiger partial charge in [-0.25, -0.2) is 14.8 Å². The van der Waals surface area contributed by atoms with Gasteiger partial charge in [0.05, 0.1) is 18.1 Å². The molecular formula is C13H17N3O4. The maximum atomic E-state index is 12.0. The topological polar surface area (TPSA) is 97.5 Å². The number of aryl methyl sites for hydroxylation is 1. The van der Waals surface area contributed by atoms with Crippen molar-refractivity contribution in [2.45, 2.75) is 26.9 Å². The van der Waals surface area contributed by atoms with Crippen LogP contribution in [0.2, 0.25) is 0 Å². The lowest BCUT2D eigenvalue weighted by atomic mass is 10.2. The molecule has 0 amide bonds. The Morgan fingerprint density at radius 2 is 2.30 bits per heavy atom. The normalized spacial score (nSPS) is 12.4. The Labute approximate surface area is 116 Å². The van der Waals surface area contributed by atoms with Crippen LogP contribution < -0.4 is 5.32 Å². The van der Waals surface area contributed by atoms with Gasteiger partial charge >= 0.3 is 5.97 Å². The fourth-order valence-electron chi connectivity index (χ4n) is 1.87. The van der Waals surface area contributed by atoms with E-state index in [4.69, 9.17) is 9.15 Å². The van der Waals surface area contributed by atoms with Crippen molar-refractivity contribution in [1.29, 1.82) is 0 Å². The summed E-state index contributed by atoms with van der Waals surface area (Å²) < 4.78 is 10.5. The molecule has 0 bridgehead atoms. The summed E-state index contributed by atoms with van der Waals surface area (Å²) in [5, 5.41) is 12.8. The van der Waals surface area contributed by atoms with E-state index < -0.39 is 12.1 Å². The maximum absolute atomic E-state index is 12.0. The minimum Gasteiger partial charge on any atom is -0.462 e. The second-order valence-electron chi connectivity index (χ2n) is 4.39. The van der Waals surface area contributed by atoms with Crippen molar-refractivity contribution in [3.8, 4) is 0 Å². The molecule has 20 heavy (non-hydrogen) atoms. The van der Waals surface area contributed by atoms with Crippen molar-refractivity contribution in [2.75, 3.05) is 18.5 Å². The van der Waals surface area contributed by atoms with Crippen LogP contribution in [0.4, 0.5) is 5.82 Å². The Bertz CT molecular complexity index is 621. The predicted molar refractivity (Wildman–Crippen MR) is 72.7 cm³/mol. The number of aliphatic hydroxyl groups excluding tert-OH is 1. The first-order valence-corrected chi connectivity index (χ1v) is 6.37. The lowest BCUT2D eigenvalue weighted by molar-refractivity contribution is 0.0526. The van der Waals surface area contributed by atoms with Gasteiger partial charge in [-0.2, -0.15) is 0 Å². The molecule has 1 atom stereocenters. The zero-order chi connectivity index (χ0) is 14.7. The summed E-state index contributed by atoms with van der Waals surface area (Å²) in [6.07, 6.45) is 0.795. The second kappa shape index (κ2) is 5.87. The minimum atomic E-state index is -0.543. The molecule has 0 aliphatic rings. The van der Waals surface area contributed by atoms with Crippen LogP contribution in [0.5, 0.6) is 0 Å². The third-order valence-corrected chi connectivity index (χ3v) is 2.71. The van der Waals surface area contributed by atoms with Crippen LogP contribution in [0.15, 0.2) is 10.7 Å². The van der Waals surface area contributed by atoms with Crippen molar-refractivity contribution in [3.05, 3.63) is 17.7 Å². The molecule has 2 heterocycles. The zero-order valence-electron chi connectivity index (χ0n) is 11.6. The van der Waals surface area contributed by atoms with Crippen LogP contribution in [-0.2, 0) is 4.74 Å². The zero-order valence-corrected chi connectivity index (χ0v) is 11.6. The highest BCUT2D eigenvalue weighted by Gasteiger charge is 2.23. The average Bonchev–Trinajstić information content (AvgIpc) is 2.73. The highest BCUT2D eigenvalue weighted by Crippen LogP contribution is 2.29. The number of anilines is 1. The molecule has 7 heteroatoms. The van der Waals surface area contributed by atoms with Gasteiger partial charge < -0.3 is 19.6 Å². The fraction of sp³-hybridized carbons (Fsp3) is 0.462. The van der Waals surface area contributed by atoms with Crippen LogP contribution in [0, 0.1) is 6.92 Å². The van der Waals surface area contributed by atoms with E-state index in [1.165, 1.54) is 6.33 Å². The van der Waals surface area contributed by atoms with Crippen LogP contribution in [0.1, 0.15) is 30.0 Å². The number of ether oxygens (including phenoxy) is 1. The van der Waals surface area contributed by atoms with E-state index in [1.807, 2.05) is 0 Å². The van der Waals surface area contributed by atoms with Gasteiger partial charge in [-0.3, -0.25) is 0 Å². The van der Waals surface area contributed by atoms with E-state index in [9.17, 15) is 9.90 Å². The van der Waals surface area contributed by atoms with E-state index in [0.717, 1.165) is 0 Å². The monoisotopic (exact) mass is 279 g/mol. The molecule has 2 rings (SSSR count). The molecule has 0 fully saturated rings. The summed E-state index contributed by atoms with van der Waals surface area (Å²) >= 11 is 0. The first-order valence-electron chi connectivity index (χ1n) is 6.37. The van der Waals surface area contributed by atoms with Gasteiger partial charge in [0.2, 0.25) is 5.71 Å². The number of aliphatic hydroxyl groups is 1. The van der Waals surface area contributed by atoms with Gasteiger partial charge in [0, 0.05) is 6.54 Å². The molecular weight excluding hydrogens is 262 g/mol. The number of furan rings is 1. The third kappa shape index (κ3) is 2.72. The van der Waals surface area contributed by atoms with Gasteiger partial charge in [0.15, 0.2) is 0 Å². The summed E-state index contributed by atoms with van der Waals surface area (Å²) in [5.41, 5.74) is 0.629.